The number of hydrogen-bond donors (Lipinski definition) is 1. The number of benzene rings is 1. The number of nitrogens with zero attached hydrogens (tertiary/aromatic N) is 1. The first-order valence-corrected chi connectivity index (χ1v) is 8.33. The van der Waals surface area contributed by atoms with Crippen LogP contribution in [-0.4, -0.2) is 36.9 Å². The molecule has 0 unspecified atom stereocenters. The molecule has 134 valence electrons. The Morgan fingerprint density at radius 1 is 1.20 bits per heavy atom. The van der Waals surface area contributed by atoms with E-state index >= 15 is 0 Å². The Hall–Kier alpha value is -2.61. The van der Waals surface area contributed by atoms with Gasteiger partial charge in [-0.15, -0.1) is 11.3 Å². The summed E-state index contributed by atoms with van der Waals surface area (Å²) >= 11 is 1.35. The number of amides is 1. The zero-order chi connectivity index (χ0) is 18.6. The molecule has 1 N–H and O–H groups in total. The number of carbonyl (C=O) groups excluding carboxylic acids is 2. The van der Waals surface area contributed by atoms with Crippen LogP contribution in [0.25, 0.3) is 10.6 Å². The fourth-order valence-electron chi connectivity index (χ4n) is 1.97. The Bertz CT molecular complexity index is 780. The number of aromatic nitrogens is 1. The molecule has 2 rings (SSSR count). The highest BCUT2D eigenvalue weighted by Gasteiger charge is 2.18. The molecule has 0 fully saturated rings. The van der Waals surface area contributed by atoms with Crippen LogP contribution in [0.15, 0.2) is 23.6 Å². The number of hydrogen-bond acceptors (Lipinski definition) is 7. The minimum absolute atomic E-state index is 0.331. The molecular formula is C17H20N2O5S. The van der Waals surface area contributed by atoms with Crippen LogP contribution >= 0.6 is 11.3 Å². The molecule has 0 aliphatic carbocycles. The third kappa shape index (κ3) is 4.93. The van der Waals surface area contributed by atoms with Crippen LogP contribution < -0.4 is 10.1 Å². The molecule has 2 aromatic rings. The molecule has 0 aliphatic rings. The van der Waals surface area contributed by atoms with Gasteiger partial charge in [0.05, 0.1) is 14.2 Å². The molecule has 1 aromatic carbocycles. The second-order valence-electron chi connectivity index (χ2n) is 6.07. The van der Waals surface area contributed by atoms with E-state index in [-0.39, 0.29) is 0 Å². The van der Waals surface area contributed by atoms with Crippen molar-refractivity contribution in [1.29, 1.82) is 0 Å². The number of nitrogens with one attached hydrogen (secondary N) is 1. The van der Waals surface area contributed by atoms with Crippen molar-refractivity contribution >= 4 is 29.2 Å². The minimum atomic E-state index is -0.583. The van der Waals surface area contributed by atoms with Crippen molar-refractivity contribution in [3.63, 3.8) is 0 Å². The molecule has 25 heavy (non-hydrogen) atoms. The number of esters is 1. The maximum atomic E-state index is 11.8. The van der Waals surface area contributed by atoms with E-state index in [4.69, 9.17) is 14.2 Å². The smallest absolute Gasteiger partial charge is 0.413 e. The predicted octanol–water partition coefficient (Wildman–Crippen LogP) is 3.95. The molecule has 0 saturated carbocycles. The van der Waals surface area contributed by atoms with Crippen LogP contribution in [-0.2, 0) is 9.47 Å². The van der Waals surface area contributed by atoms with Gasteiger partial charge in [0.2, 0.25) is 0 Å². The first kappa shape index (κ1) is 18.7. The zero-order valence-electron chi connectivity index (χ0n) is 14.7. The van der Waals surface area contributed by atoms with Crippen molar-refractivity contribution in [2.45, 2.75) is 26.4 Å². The topological polar surface area (TPSA) is 86.8 Å². The number of ether oxygens (including phenoxy) is 3. The van der Waals surface area contributed by atoms with Gasteiger partial charge in [0.15, 0.2) is 0 Å². The van der Waals surface area contributed by atoms with E-state index in [2.05, 4.69) is 10.3 Å². The summed E-state index contributed by atoms with van der Waals surface area (Å²) in [7, 11) is 2.79. The number of thiazole rings is 1. The highest BCUT2D eigenvalue weighted by molar-refractivity contribution is 7.13. The maximum Gasteiger partial charge on any atom is 0.413 e. The Kier molecular flexibility index (Phi) is 5.63. The van der Waals surface area contributed by atoms with E-state index < -0.39 is 17.7 Å². The highest BCUT2D eigenvalue weighted by Crippen LogP contribution is 2.31. The summed E-state index contributed by atoms with van der Waals surface area (Å²) in [5.74, 6) is 0.307. The van der Waals surface area contributed by atoms with Crippen molar-refractivity contribution in [1.82, 2.24) is 4.98 Å². The molecule has 0 bridgehead atoms. The van der Waals surface area contributed by atoms with E-state index in [9.17, 15) is 9.59 Å². The monoisotopic (exact) mass is 364 g/mol. The molecule has 1 aromatic heterocycles. The van der Waals surface area contributed by atoms with Crippen molar-refractivity contribution in [3.8, 4) is 16.3 Å². The Morgan fingerprint density at radius 3 is 2.52 bits per heavy atom. The Labute approximate surface area is 149 Å². The summed E-state index contributed by atoms with van der Waals surface area (Å²) in [6, 6.07) is 5.05. The third-order valence-corrected chi connectivity index (χ3v) is 3.88. The van der Waals surface area contributed by atoms with Gasteiger partial charge in [-0.3, -0.25) is 5.32 Å². The lowest BCUT2D eigenvalue weighted by molar-refractivity contribution is 0.0594. The molecule has 1 amide bonds. The van der Waals surface area contributed by atoms with E-state index in [0.29, 0.717) is 22.1 Å². The van der Waals surface area contributed by atoms with Gasteiger partial charge in [-0.25, -0.2) is 14.6 Å². The predicted molar refractivity (Wildman–Crippen MR) is 95.3 cm³/mol. The number of methoxy groups -OCH3 is 2. The number of rotatable bonds is 4. The molecule has 1 heterocycles. The van der Waals surface area contributed by atoms with Gasteiger partial charge in [-0.2, -0.15) is 0 Å². The van der Waals surface area contributed by atoms with Crippen molar-refractivity contribution in [2.75, 3.05) is 19.5 Å². The van der Waals surface area contributed by atoms with E-state index in [1.807, 2.05) is 0 Å². The quantitative estimate of drug-likeness (QED) is 0.827. The second-order valence-corrected chi connectivity index (χ2v) is 6.93. The van der Waals surface area contributed by atoms with Gasteiger partial charge in [0.25, 0.3) is 0 Å². The summed E-state index contributed by atoms with van der Waals surface area (Å²) in [4.78, 5) is 27.8. The fraction of sp³-hybridized carbons (Fsp3) is 0.353. The summed E-state index contributed by atoms with van der Waals surface area (Å²) in [5.41, 5.74) is 0.504. The lowest BCUT2D eigenvalue weighted by atomic mass is 10.1. The van der Waals surface area contributed by atoms with Gasteiger partial charge >= 0.3 is 12.1 Å². The second kappa shape index (κ2) is 7.52. The average molecular weight is 364 g/mol. The summed E-state index contributed by atoms with van der Waals surface area (Å²) in [6.45, 7) is 5.36. The van der Waals surface area contributed by atoms with Crippen LogP contribution in [0.4, 0.5) is 10.6 Å². The van der Waals surface area contributed by atoms with Crippen LogP contribution in [0.3, 0.4) is 0 Å². The van der Waals surface area contributed by atoms with Gasteiger partial charge in [-0.1, -0.05) is 6.07 Å². The minimum Gasteiger partial charge on any atom is -0.496 e. The largest absolute Gasteiger partial charge is 0.496 e. The molecule has 0 spiro atoms. The highest BCUT2D eigenvalue weighted by atomic mass is 32.1. The molecule has 7 nitrogen and oxygen atoms in total. The lowest BCUT2D eigenvalue weighted by Crippen LogP contribution is -2.27. The third-order valence-electron chi connectivity index (χ3n) is 2.99. The SMILES string of the molecule is COC(=O)c1ccc(-c2nc(NC(=O)OC(C)(C)C)cs2)cc1OC. The summed E-state index contributed by atoms with van der Waals surface area (Å²) in [5, 5.41) is 4.96. The number of carbonyl (C=O) groups is 2. The molecule has 0 atom stereocenters. The van der Waals surface area contributed by atoms with Crippen LogP contribution in [0, 0.1) is 0 Å². The van der Waals surface area contributed by atoms with Crippen molar-refractivity contribution < 1.29 is 23.8 Å². The van der Waals surface area contributed by atoms with E-state index in [1.165, 1.54) is 25.6 Å². The molecule has 0 radical (unpaired) electrons. The van der Waals surface area contributed by atoms with Crippen LogP contribution in [0.5, 0.6) is 5.75 Å². The molecule has 0 aliphatic heterocycles. The average Bonchev–Trinajstić information content (AvgIpc) is 2.99. The van der Waals surface area contributed by atoms with Gasteiger partial charge < -0.3 is 14.2 Å². The van der Waals surface area contributed by atoms with E-state index in [0.717, 1.165) is 5.56 Å². The lowest BCUT2D eigenvalue weighted by Gasteiger charge is -2.19. The Balaban J connectivity index is 2.19. The number of anilines is 1. The van der Waals surface area contributed by atoms with Crippen molar-refractivity contribution in [2.24, 2.45) is 0 Å². The van der Waals surface area contributed by atoms with Gasteiger partial charge in [0, 0.05) is 10.9 Å². The van der Waals surface area contributed by atoms with Crippen molar-refractivity contribution in [3.05, 3.63) is 29.1 Å². The van der Waals surface area contributed by atoms with Crippen LogP contribution in [0.2, 0.25) is 0 Å². The van der Waals surface area contributed by atoms with Gasteiger partial charge in [-0.05, 0) is 32.9 Å². The molecular weight excluding hydrogens is 344 g/mol. The summed E-state index contributed by atoms with van der Waals surface area (Å²) < 4.78 is 15.2. The first-order valence-electron chi connectivity index (χ1n) is 7.45. The first-order chi connectivity index (χ1) is 11.7. The van der Waals surface area contributed by atoms with Gasteiger partial charge in [0.1, 0.15) is 27.7 Å². The molecule has 0 saturated heterocycles. The Morgan fingerprint density at radius 2 is 1.92 bits per heavy atom. The fourth-order valence-corrected chi connectivity index (χ4v) is 2.72. The zero-order valence-corrected chi connectivity index (χ0v) is 15.5. The maximum absolute atomic E-state index is 11.8. The standard InChI is InChI=1S/C17H20N2O5S/c1-17(2,3)24-16(21)19-13-9-25-14(18-13)10-6-7-11(15(20)23-5)12(8-10)22-4/h6-9H,1-5H3,(H,19,21). The van der Waals surface area contributed by atoms with E-state index in [1.54, 1.807) is 44.4 Å². The van der Waals surface area contributed by atoms with Crippen LogP contribution in [0.1, 0.15) is 31.1 Å². The normalized spacial score (nSPS) is 10.9. The summed E-state index contributed by atoms with van der Waals surface area (Å²) in [6.07, 6.45) is -0.567. The molecule has 8 heteroatoms.